The van der Waals surface area contributed by atoms with Crippen molar-refractivity contribution in [2.24, 2.45) is 11.8 Å². The van der Waals surface area contributed by atoms with Crippen LogP contribution >= 0.6 is 0 Å². The Bertz CT molecular complexity index is 932. The summed E-state index contributed by atoms with van der Waals surface area (Å²) >= 11 is 0. The number of carbonyl (C=O) groups excluding carboxylic acids is 1. The number of aryl methyl sites for hydroxylation is 3. The predicted molar refractivity (Wildman–Crippen MR) is 124 cm³/mol. The monoisotopic (exact) mass is 421 g/mol. The van der Waals surface area contributed by atoms with Gasteiger partial charge in [-0.3, -0.25) is 4.79 Å². The van der Waals surface area contributed by atoms with Gasteiger partial charge in [0.1, 0.15) is 5.75 Å². The first-order chi connectivity index (χ1) is 15.0. The number of nitrogens with one attached hydrogen (secondary N) is 1. The van der Waals surface area contributed by atoms with E-state index in [1.54, 1.807) is 7.11 Å². The molecule has 0 radical (unpaired) electrons. The number of benzene rings is 1. The van der Waals surface area contributed by atoms with Crippen LogP contribution in [0.15, 0.2) is 18.2 Å². The molecule has 2 aliphatic carbocycles. The standard InChI is InChI=1S/C26H35N3O2/c1-17(2)15-24(30)29-26-23(13-9-18-7-5-4-6-8-18)27-25-21-12-11-20(31-3)16-19(21)10-14-22(25)28-26/h11-12,16-18H,4-10,13-15H2,1-3H3,(H,28,29,30). The maximum atomic E-state index is 12.5. The van der Waals surface area contributed by atoms with Gasteiger partial charge in [-0.05, 0) is 61.3 Å². The highest BCUT2D eigenvalue weighted by Gasteiger charge is 2.24. The Kier molecular flexibility index (Phi) is 6.89. The second kappa shape index (κ2) is 9.80. The fraction of sp³-hybridized carbons (Fsp3) is 0.577. The van der Waals surface area contributed by atoms with Gasteiger partial charge in [-0.1, -0.05) is 46.0 Å². The average molecular weight is 422 g/mol. The summed E-state index contributed by atoms with van der Waals surface area (Å²) in [5.74, 6) is 2.67. The molecule has 0 unspecified atom stereocenters. The molecule has 0 saturated heterocycles. The van der Waals surface area contributed by atoms with Crippen molar-refractivity contribution >= 4 is 11.7 Å². The van der Waals surface area contributed by atoms with E-state index in [-0.39, 0.29) is 5.91 Å². The van der Waals surface area contributed by atoms with Gasteiger partial charge in [0.05, 0.1) is 24.2 Å². The third-order valence-corrected chi connectivity index (χ3v) is 6.60. The van der Waals surface area contributed by atoms with Crippen LogP contribution in [0, 0.1) is 11.8 Å². The van der Waals surface area contributed by atoms with Crippen molar-refractivity contribution < 1.29 is 9.53 Å². The quantitative estimate of drug-likeness (QED) is 0.618. The van der Waals surface area contributed by atoms with Crippen LogP contribution in [0.3, 0.4) is 0 Å². The molecule has 1 fully saturated rings. The summed E-state index contributed by atoms with van der Waals surface area (Å²) < 4.78 is 5.41. The van der Waals surface area contributed by atoms with Crippen molar-refractivity contribution in [1.82, 2.24) is 9.97 Å². The van der Waals surface area contributed by atoms with E-state index in [0.29, 0.717) is 18.2 Å². The first-order valence-corrected chi connectivity index (χ1v) is 11.9. The Morgan fingerprint density at radius 2 is 1.97 bits per heavy atom. The number of aromatic nitrogens is 2. The van der Waals surface area contributed by atoms with Gasteiger partial charge in [-0.25, -0.2) is 9.97 Å². The van der Waals surface area contributed by atoms with E-state index < -0.39 is 0 Å². The van der Waals surface area contributed by atoms with Gasteiger partial charge in [0.15, 0.2) is 5.82 Å². The third-order valence-electron chi connectivity index (χ3n) is 6.60. The van der Waals surface area contributed by atoms with Gasteiger partial charge in [0.2, 0.25) is 5.91 Å². The molecule has 5 nitrogen and oxygen atoms in total. The van der Waals surface area contributed by atoms with E-state index in [0.717, 1.165) is 60.0 Å². The fourth-order valence-corrected chi connectivity index (χ4v) is 4.93. The van der Waals surface area contributed by atoms with Crippen molar-refractivity contribution in [3.8, 4) is 17.0 Å². The number of rotatable bonds is 7. The van der Waals surface area contributed by atoms with Crippen LogP contribution in [-0.2, 0) is 24.1 Å². The van der Waals surface area contributed by atoms with E-state index >= 15 is 0 Å². The average Bonchev–Trinajstić information content (AvgIpc) is 2.77. The molecule has 31 heavy (non-hydrogen) atoms. The second-order valence-electron chi connectivity index (χ2n) is 9.53. The van der Waals surface area contributed by atoms with E-state index in [4.69, 9.17) is 14.7 Å². The molecule has 5 heteroatoms. The van der Waals surface area contributed by atoms with Gasteiger partial charge >= 0.3 is 0 Å². The van der Waals surface area contributed by atoms with Crippen molar-refractivity contribution in [3.63, 3.8) is 0 Å². The molecule has 166 valence electrons. The second-order valence-corrected chi connectivity index (χ2v) is 9.53. The highest BCUT2D eigenvalue weighted by Crippen LogP contribution is 2.35. The van der Waals surface area contributed by atoms with E-state index in [1.807, 2.05) is 6.07 Å². The molecule has 2 aromatic rings. The molecule has 2 aliphatic rings. The van der Waals surface area contributed by atoms with E-state index in [1.165, 1.54) is 37.7 Å². The van der Waals surface area contributed by atoms with Crippen LogP contribution in [0.1, 0.15) is 75.7 Å². The number of carbonyl (C=O) groups is 1. The number of hydrogen-bond acceptors (Lipinski definition) is 4. The van der Waals surface area contributed by atoms with Crippen LogP contribution in [-0.4, -0.2) is 23.0 Å². The molecule has 0 bridgehead atoms. The summed E-state index contributed by atoms with van der Waals surface area (Å²) in [7, 11) is 1.70. The molecule has 4 rings (SSSR count). The molecule has 0 aliphatic heterocycles. The number of nitrogens with zero attached hydrogens (tertiary/aromatic N) is 2. The summed E-state index contributed by atoms with van der Waals surface area (Å²) in [6.07, 6.45) is 10.9. The molecule has 0 atom stereocenters. The first-order valence-electron chi connectivity index (χ1n) is 11.9. The lowest BCUT2D eigenvalue weighted by molar-refractivity contribution is -0.116. The Labute approximate surface area is 186 Å². The largest absolute Gasteiger partial charge is 0.497 e. The Morgan fingerprint density at radius 3 is 2.71 bits per heavy atom. The zero-order valence-electron chi connectivity index (χ0n) is 19.2. The van der Waals surface area contributed by atoms with Crippen LogP contribution in [0.4, 0.5) is 5.82 Å². The van der Waals surface area contributed by atoms with Gasteiger partial charge in [0, 0.05) is 12.0 Å². The topological polar surface area (TPSA) is 64.1 Å². The smallest absolute Gasteiger partial charge is 0.225 e. The SMILES string of the molecule is COc1ccc2c(c1)CCc1nc(NC(=O)CC(C)C)c(CCC3CCCCC3)nc1-2. The molecule has 1 amide bonds. The van der Waals surface area contributed by atoms with Crippen LogP contribution < -0.4 is 10.1 Å². The summed E-state index contributed by atoms with van der Waals surface area (Å²) in [5.41, 5.74) is 5.30. The Morgan fingerprint density at radius 1 is 1.16 bits per heavy atom. The molecule has 1 heterocycles. The summed E-state index contributed by atoms with van der Waals surface area (Å²) in [5, 5.41) is 3.09. The molecule has 1 N–H and O–H groups in total. The van der Waals surface area contributed by atoms with Crippen molar-refractivity contribution in [1.29, 1.82) is 0 Å². The molecular weight excluding hydrogens is 386 g/mol. The highest BCUT2D eigenvalue weighted by molar-refractivity contribution is 5.90. The summed E-state index contributed by atoms with van der Waals surface area (Å²) in [4.78, 5) is 22.6. The maximum absolute atomic E-state index is 12.5. The van der Waals surface area contributed by atoms with Gasteiger partial charge in [-0.15, -0.1) is 0 Å². The number of hydrogen-bond donors (Lipinski definition) is 1. The fourth-order valence-electron chi connectivity index (χ4n) is 4.93. The zero-order chi connectivity index (χ0) is 21.8. The lowest BCUT2D eigenvalue weighted by atomic mass is 9.85. The molecular formula is C26H35N3O2. The minimum absolute atomic E-state index is 0.0316. The summed E-state index contributed by atoms with van der Waals surface area (Å²) in [6.45, 7) is 4.13. The van der Waals surface area contributed by atoms with Crippen LogP contribution in [0.5, 0.6) is 5.75 Å². The van der Waals surface area contributed by atoms with Gasteiger partial charge in [-0.2, -0.15) is 0 Å². The number of methoxy groups -OCH3 is 1. The minimum Gasteiger partial charge on any atom is -0.497 e. The highest BCUT2D eigenvalue weighted by atomic mass is 16.5. The van der Waals surface area contributed by atoms with E-state index in [2.05, 4.69) is 31.3 Å². The molecule has 0 spiro atoms. The Balaban J connectivity index is 1.64. The number of fused-ring (bicyclic) bond motifs is 3. The Hall–Kier alpha value is -2.43. The van der Waals surface area contributed by atoms with Crippen molar-refractivity contribution in [2.45, 2.75) is 78.1 Å². The lowest BCUT2D eigenvalue weighted by Gasteiger charge is -2.24. The number of anilines is 1. The summed E-state index contributed by atoms with van der Waals surface area (Å²) in [6, 6.07) is 6.21. The molecule has 1 saturated carbocycles. The van der Waals surface area contributed by atoms with Crippen LogP contribution in [0.25, 0.3) is 11.3 Å². The lowest BCUT2D eigenvalue weighted by Crippen LogP contribution is -2.20. The van der Waals surface area contributed by atoms with Gasteiger partial charge in [0.25, 0.3) is 0 Å². The minimum atomic E-state index is 0.0316. The van der Waals surface area contributed by atoms with Gasteiger partial charge < -0.3 is 10.1 Å². The van der Waals surface area contributed by atoms with Crippen molar-refractivity contribution in [3.05, 3.63) is 35.2 Å². The van der Waals surface area contributed by atoms with E-state index in [9.17, 15) is 4.79 Å². The first kappa shape index (κ1) is 21.8. The number of amides is 1. The van der Waals surface area contributed by atoms with Crippen molar-refractivity contribution in [2.75, 3.05) is 12.4 Å². The third kappa shape index (κ3) is 5.25. The zero-order valence-corrected chi connectivity index (χ0v) is 19.2. The predicted octanol–water partition coefficient (Wildman–Crippen LogP) is 5.75. The normalized spacial score (nSPS) is 16.0. The van der Waals surface area contributed by atoms with Crippen LogP contribution in [0.2, 0.25) is 0 Å². The maximum Gasteiger partial charge on any atom is 0.225 e. The number of ether oxygens (including phenoxy) is 1. The molecule has 1 aromatic carbocycles. The molecule has 1 aromatic heterocycles.